The molecule has 0 atom stereocenters. The van der Waals surface area contributed by atoms with Crippen molar-refractivity contribution in [1.82, 2.24) is 0 Å². The molecule has 1 aliphatic heterocycles. The Bertz CT molecular complexity index is 1040. The molecule has 3 aromatic rings. The summed E-state index contributed by atoms with van der Waals surface area (Å²) in [5, 5.41) is 3.57. The molecular formula is C22H17BrClNO4. The van der Waals surface area contributed by atoms with Crippen LogP contribution in [-0.4, -0.2) is 19.1 Å². The molecule has 0 aliphatic carbocycles. The number of amides is 1. The van der Waals surface area contributed by atoms with Crippen LogP contribution in [0.25, 0.3) is 0 Å². The van der Waals surface area contributed by atoms with E-state index in [1.54, 1.807) is 42.5 Å². The fourth-order valence-corrected chi connectivity index (χ4v) is 3.42. The topological polar surface area (TPSA) is 56.8 Å². The zero-order valence-corrected chi connectivity index (χ0v) is 17.6. The van der Waals surface area contributed by atoms with Crippen LogP contribution in [0, 0.1) is 0 Å². The summed E-state index contributed by atoms with van der Waals surface area (Å²) in [6, 6.07) is 18.0. The average molecular weight is 475 g/mol. The molecule has 0 spiro atoms. The van der Waals surface area contributed by atoms with E-state index in [0.29, 0.717) is 57.8 Å². The molecule has 1 aliphatic rings. The van der Waals surface area contributed by atoms with Crippen molar-refractivity contribution in [3.8, 4) is 17.2 Å². The fraction of sp³-hybridized carbons (Fsp3) is 0.136. The normalized spacial score (nSPS) is 12.3. The first-order valence-electron chi connectivity index (χ1n) is 8.97. The lowest BCUT2D eigenvalue weighted by Crippen LogP contribution is -2.17. The quantitative estimate of drug-likeness (QED) is 0.515. The van der Waals surface area contributed by atoms with Crippen molar-refractivity contribution >= 4 is 39.1 Å². The minimum Gasteiger partial charge on any atom is -0.488 e. The molecule has 1 heterocycles. The van der Waals surface area contributed by atoms with Gasteiger partial charge in [-0.1, -0.05) is 35.9 Å². The zero-order valence-electron chi connectivity index (χ0n) is 15.3. The molecule has 0 unspecified atom stereocenters. The highest BCUT2D eigenvalue weighted by Gasteiger charge is 2.18. The predicted octanol–water partition coefficient (Wildman–Crippen LogP) is 5.71. The van der Waals surface area contributed by atoms with Gasteiger partial charge in [-0.15, -0.1) is 0 Å². The number of carbonyl (C=O) groups excluding carboxylic acids is 1. The van der Waals surface area contributed by atoms with Crippen LogP contribution in [0.5, 0.6) is 17.2 Å². The number of hydrogen-bond acceptors (Lipinski definition) is 4. The number of anilines is 1. The predicted molar refractivity (Wildman–Crippen MR) is 115 cm³/mol. The van der Waals surface area contributed by atoms with Crippen molar-refractivity contribution in [1.29, 1.82) is 0 Å². The van der Waals surface area contributed by atoms with Crippen molar-refractivity contribution in [3.05, 3.63) is 81.3 Å². The van der Waals surface area contributed by atoms with Gasteiger partial charge in [0.05, 0.1) is 11.3 Å². The second kappa shape index (κ2) is 8.76. The third-order valence-corrected chi connectivity index (χ3v) is 5.23. The third kappa shape index (κ3) is 4.66. The van der Waals surface area contributed by atoms with Crippen LogP contribution >= 0.6 is 27.5 Å². The van der Waals surface area contributed by atoms with E-state index in [2.05, 4.69) is 21.2 Å². The summed E-state index contributed by atoms with van der Waals surface area (Å²) in [5.74, 6) is 1.46. The summed E-state index contributed by atoms with van der Waals surface area (Å²) in [5.41, 5.74) is 1.98. The molecule has 3 aromatic carbocycles. The van der Waals surface area contributed by atoms with Gasteiger partial charge in [0.25, 0.3) is 5.91 Å². The Morgan fingerprint density at radius 2 is 1.72 bits per heavy atom. The molecule has 148 valence electrons. The van der Waals surface area contributed by atoms with Gasteiger partial charge in [0.15, 0.2) is 11.5 Å². The Morgan fingerprint density at radius 1 is 1.03 bits per heavy atom. The number of benzene rings is 3. The van der Waals surface area contributed by atoms with E-state index < -0.39 is 0 Å². The molecule has 4 rings (SSSR count). The average Bonchev–Trinajstić information content (AvgIpc) is 2.74. The van der Waals surface area contributed by atoms with Crippen molar-refractivity contribution in [2.45, 2.75) is 6.61 Å². The Labute approximate surface area is 181 Å². The van der Waals surface area contributed by atoms with Crippen LogP contribution in [0.2, 0.25) is 5.02 Å². The zero-order chi connectivity index (χ0) is 20.2. The monoisotopic (exact) mass is 473 g/mol. The van der Waals surface area contributed by atoms with Crippen molar-refractivity contribution in [2.24, 2.45) is 0 Å². The molecule has 1 N–H and O–H groups in total. The summed E-state index contributed by atoms with van der Waals surface area (Å²) in [7, 11) is 0. The Hall–Kier alpha value is -2.70. The highest BCUT2D eigenvalue weighted by molar-refractivity contribution is 9.10. The molecule has 1 amide bonds. The highest BCUT2D eigenvalue weighted by atomic mass is 79.9. The molecule has 0 radical (unpaired) electrons. The molecule has 0 aromatic heterocycles. The van der Waals surface area contributed by atoms with E-state index in [-0.39, 0.29) is 5.91 Å². The molecule has 5 nitrogen and oxygen atoms in total. The van der Waals surface area contributed by atoms with E-state index >= 15 is 0 Å². The Morgan fingerprint density at radius 3 is 2.48 bits per heavy atom. The lowest BCUT2D eigenvalue weighted by Gasteiger charge is -2.20. The minimum atomic E-state index is -0.283. The third-order valence-electron chi connectivity index (χ3n) is 4.32. The maximum atomic E-state index is 12.9. The van der Waals surface area contributed by atoms with Gasteiger partial charge in [-0.3, -0.25) is 4.79 Å². The van der Waals surface area contributed by atoms with Crippen LogP contribution in [-0.2, 0) is 6.61 Å². The van der Waals surface area contributed by atoms with Crippen molar-refractivity contribution in [3.63, 3.8) is 0 Å². The van der Waals surface area contributed by atoms with Gasteiger partial charge >= 0.3 is 0 Å². The second-order valence-corrected chi connectivity index (χ2v) is 7.63. The van der Waals surface area contributed by atoms with Gasteiger partial charge in [0.2, 0.25) is 0 Å². The molecule has 0 saturated heterocycles. The standard InChI is InChI=1S/C22H17BrClNO4/c23-17-11-20-21(28-10-9-27-20)12-18(17)25-22(26)16-3-1-2-4-19(16)29-13-14-5-7-15(24)8-6-14/h1-8,11-12H,9-10,13H2,(H,25,26). The lowest BCUT2D eigenvalue weighted by atomic mass is 10.1. The molecule has 29 heavy (non-hydrogen) atoms. The summed E-state index contributed by atoms with van der Waals surface area (Å²) in [4.78, 5) is 12.9. The first kappa shape index (κ1) is 19.6. The Balaban J connectivity index is 1.51. The smallest absolute Gasteiger partial charge is 0.259 e. The summed E-state index contributed by atoms with van der Waals surface area (Å²) >= 11 is 9.39. The number of hydrogen-bond donors (Lipinski definition) is 1. The molecule has 0 saturated carbocycles. The van der Waals surface area contributed by atoms with Crippen molar-refractivity contribution < 1.29 is 19.0 Å². The number of rotatable bonds is 5. The second-order valence-electron chi connectivity index (χ2n) is 6.34. The molecule has 7 heteroatoms. The summed E-state index contributed by atoms with van der Waals surface area (Å²) in [6.07, 6.45) is 0. The Kier molecular flexibility index (Phi) is 5.92. The largest absolute Gasteiger partial charge is 0.488 e. The van der Waals surface area contributed by atoms with Gasteiger partial charge in [0, 0.05) is 21.6 Å². The van der Waals surface area contributed by atoms with Crippen LogP contribution in [0.3, 0.4) is 0 Å². The van der Waals surface area contributed by atoms with Crippen LogP contribution in [0.4, 0.5) is 5.69 Å². The number of para-hydroxylation sites is 1. The van der Waals surface area contributed by atoms with Crippen molar-refractivity contribution in [2.75, 3.05) is 18.5 Å². The number of carbonyl (C=O) groups is 1. The van der Waals surface area contributed by atoms with E-state index in [0.717, 1.165) is 5.56 Å². The number of nitrogens with one attached hydrogen (secondary N) is 1. The van der Waals surface area contributed by atoms with Gasteiger partial charge < -0.3 is 19.5 Å². The van der Waals surface area contributed by atoms with Crippen LogP contribution < -0.4 is 19.5 Å². The summed E-state index contributed by atoms with van der Waals surface area (Å²) in [6.45, 7) is 1.31. The van der Waals surface area contributed by atoms with Gasteiger partial charge in [0.1, 0.15) is 25.6 Å². The molecule has 0 bridgehead atoms. The van der Waals surface area contributed by atoms with E-state index in [4.69, 9.17) is 25.8 Å². The lowest BCUT2D eigenvalue weighted by molar-refractivity contribution is 0.102. The molecular weight excluding hydrogens is 458 g/mol. The number of ether oxygens (including phenoxy) is 3. The first-order valence-corrected chi connectivity index (χ1v) is 10.1. The van der Waals surface area contributed by atoms with E-state index in [1.165, 1.54) is 0 Å². The van der Waals surface area contributed by atoms with Crippen LogP contribution in [0.1, 0.15) is 15.9 Å². The maximum Gasteiger partial charge on any atom is 0.259 e. The van der Waals surface area contributed by atoms with E-state index in [1.807, 2.05) is 18.2 Å². The highest BCUT2D eigenvalue weighted by Crippen LogP contribution is 2.38. The summed E-state index contributed by atoms with van der Waals surface area (Å²) < 4.78 is 17.7. The molecule has 0 fully saturated rings. The first-order chi connectivity index (χ1) is 14.1. The maximum absolute atomic E-state index is 12.9. The minimum absolute atomic E-state index is 0.283. The van der Waals surface area contributed by atoms with Crippen LogP contribution in [0.15, 0.2) is 65.1 Å². The van der Waals surface area contributed by atoms with E-state index in [9.17, 15) is 4.79 Å². The number of halogens is 2. The fourth-order valence-electron chi connectivity index (χ4n) is 2.87. The SMILES string of the molecule is O=C(Nc1cc2c(cc1Br)OCCO2)c1ccccc1OCc1ccc(Cl)cc1. The van der Waals surface area contributed by atoms with Gasteiger partial charge in [-0.25, -0.2) is 0 Å². The number of fused-ring (bicyclic) bond motifs is 1. The van der Waals surface area contributed by atoms with Gasteiger partial charge in [-0.2, -0.15) is 0 Å². The van der Waals surface area contributed by atoms with Gasteiger partial charge in [-0.05, 0) is 45.8 Å².